The van der Waals surface area contributed by atoms with Crippen molar-refractivity contribution in [1.29, 1.82) is 0 Å². The van der Waals surface area contributed by atoms with Gasteiger partial charge in [0.2, 0.25) is 0 Å². The molecule has 5 rings (SSSR count). The summed E-state index contributed by atoms with van der Waals surface area (Å²) in [4.78, 5) is 23.9. The van der Waals surface area contributed by atoms with Crippen LogP contribution in [-0.2, 0) is 4.74 Å². The molecule has 202 valence electrons. The van der Waals surface area contributed by atoms with Gasteiger partial charge in [0, 0.05) is 37.3 Å². The second kappa shape index (κ2) is 8.33. The summed E-state index contributed by atoms with van der Waals surface area (Å²) < 4.78 is 85.7. The van der Waals surface area contributed by atoms with E-state index in [1.54, 1.807) is 0 Å². The Morgan fingerprint density at radius 1 is 1.08 bits per heavy atom. The van der Waals surface area contributed by atoms with Crippen LogP contribution in [0.2, 0.25) is 0 Å². The Labute approximate surface area is 208 Å². The standard InChI is InChI=1S/C23H25F6N5O2S/c1-13-10-30-12-18(36-13)21-32-20-19(17(24)11-31-22(20)33-21)14-6-8-34(9-7-14)23(35)15-2-4-16(5-3-15)37(25,26,27,28)29/h2-5,11,13-14,18,30H,6-10,12H2,1H3,(H,31,32,33)/t13-,18-/m1/s1. The van der Waals surface area contributed by atoms with E-state index in [2.05, 4.69) is 20.3 Å². The highest BCUT2D eigenvalue weighted by Gasteiger charge is 2.65. The van der Waals surface area contributed by atoms with Crippen LogP contribution in [0.4, 0.5) is 23.8 Å². The maximum Gasteiger partial charge on any atom is 0.310 e. The van der Waals surface area contributed by atoms with Gasteiger partial charge in [0.1, 0.15) is 22.6 Å². The zero-order chi connectivity index (χ0) is 26.7. The van der Waals surface area contributed by atoms with Crippen molar-refractivity contribution in [3.05, 3.63) is 53.2 Å². The van der Waals surface area contributed by atoms with Crippen LogP contribution in [0.1, 0.15) is 53.5 Å². The summed E-state index contributed by atoms with van der Waals surface area (Å²) in [5, 5.41) is 3.25. The molecule has 3 aromatic rings. The molecule has 2 aliphatic heterocycles. The number of halogens is 6. The largest absolute Gasteiger partial charge is 0.365 e. The van der Waals surface area contributed by atoms with Gasteiger partial charge in [0.15, 0.2) is 5.65 Å². The maximum absolute atomic E-state index is 14.9. The van der Waals surface area contributed by atoms with Crippen LogP contribution in [-0.4, -0.2) is 58.0 Å². The van der Waals surface area contributed by atoms with E-state index in [-0.39, 0.29) is 48.9 Å². The van der Waals surface area contributed by atoms with Gasteiger partial charge in [0.05, 0.1) is 17.8 Å². The highest BCUT2D eigenvalue weighted by molar-refractivity contribution is 8.45. The normalized spacial score (nSPS) is 23.6. The van der Waals surface area contributed by atoms with Crippen molar-refractivity contribution < 1.29 is 33.4 Å². The lowest BCUT2D eigenvalue weighted by Gasteiger charge is -2.40. The van der Waals surface area contributed by atoms with Gasteiger partial charge in [-0.05, 0) is 49.9 Å². The smallest absolute Gasteiger partial charge is 0.310 e. The van der Waals surface area contributed by atoms with Crippen LogP contribution >= 0.6 is 10.2 Å². The van der Waals surface area contributed by atoms with Crippen LogP contribution in [0.25, 0.3) is 11.2 Å². The molecular formula is C23H25F6N5O2S. The van der Waals surface area contributed by atoms with Crippen molar-refractivity contribution in [2.75, 3.05) is 26.2 Å². The average molecular weight is 550 g/mol. The van der Waals surface area contributed by atoms with E-state index in [4.69, 9.17) is 4.74 Å². The fourth-order valence-electron chi connectivity index (χ4n) is 4.89. The van der Waals surface area contributed by atoms with Gasteiger partial charge in [-0.15, -0.1) is 0 Å². The number of hydrogen-bond donors (Lipinski definition) is 2. The Balaban J connectivity index is 1.31. The number of benzene rings is 1. The van der Waals surface area contributed by atoms with Crippen molar-refractivity contribution in [3.8, 4) is 0 Å². The zero-order valence-electron chi connectivity index (χ0n) is 19.7. The molecular weight excluding hydrogens is 524 g/mol. The van der Waals surface area contributed by atoms with E-state index < -0.39 is 26.8 Å². The Kier molecular flexibility index (Phi) is 5.81. The first-order valence-electron chi connectivity index (χ1n) is 11.7. The summed E-state index contributed by atoms with van der Waals surface area (Å²) in [6, 6.07) is 1.96. The lowest BCUT2D eigenvalue weighted by Crippen LogP contribution is -2.39. The predicted molar refractivity (Wildman–Crippen MR) is 126 cm³/mol. The molecule has 0 bridgehead atoms. The van der Waals surface area contributed by atoms with E-state index in [1.165, 1.54) is 4.90 Å². The quantitative estimate of drug-likeness (QED) is 0.401. The highest BCUT2D eigenvalue weighted by Crippen LogP contribution is 3.02. The molecule has 0 aliphatic carbocycles. The summed E-state index contributed by atoms with van der Waals surface area (Å²) in [6.45, 7) is 3.62. The number of fused-ring (bicyclic) bond motifs is 1. The van der Waals surface area contributed by atoms with Gasteiger partial charge in [0.25, 0.3) is 5.91 Å². The molecule has 2 atom stereocenters. The first-order valence-corrected chi connectivity index (χ1v) is 13.7. The number of ether oxygens (including phenoxy) is 1. The van der Waals surface area contributed by atoms with Gasteiger partial charge in [-0.2, -0.15) is 0 Å². The van der Waals surface area contributed by atoms with Gasteiger partial charge in [-0.1, -0.05) is 19.4 Å². The Morgan fingerprint density at radius 2 is 1.76 bits per heavy atom. The summed E-state index contributed by atoms with van der Waals surface area (Å²) in [5.74, 6) is -0.804. The number of amides is 1. The number of likely N-dealkylation sites (tertiary alicyclic amines) is 1. The number of aromatic nitrogens is 3. The number of carbonyl (C=O) groups is 1. The van der Waals surface area contributed by atoms with Crippen molar-refractivity contribution in [3.63, 3.8) is 0 Å². The van der Waals surface area contributed by atoms with Gasteiger partial charge in [-0.25, -0.2) is 14.4 Å². The third-order valence-electron chi connectivity index (χ3n) is 6.73. The molecule has 37 heavy (non-hydrogen) atoms. The topological polar surface area (TPSA) is 83.1 Å². The molecule has 2 fully saturated rings. The average Bonchev–Trinajstić information content (AvgIpc) is 3.27. The van der Waals surface area contributed by atoms with Crippen LogP contribution < -0.4 is 5.32 Å². The lowest BCUT2D eigenvalue weighted by molar-refractivity contribution is -0.0326. The summed E-state index contributed by atoms with van der Waals surface area (Å²) >= 11 is 0. The minimum atomic E-state index is -9.81. The number of pyridine rings is 1. The van der Waals surface area contributed by atoms with Crippen LogP contribution in [0.3, 0.4) is 0 Å². The number of morpholine rings is 1. The van der Waals surface area contributed by atoms with E-state index >= 15 is 0 Å². The molecule has 0 radical (unpaired) electrons. The molecule has 0 spiro atoms. The first kappa shape index (κ1) is 25.8. The van der Waals surface area contributed by atoms with E-state index in [1.807, 2.05) is 6.92 Å². The van der Waals surface area contributed by atoms with Crippen molar-refractivity contribution in [2.45, 2.75) is 42.8 Å². The Hall–Kier alpha value is -2.84. The number of H-pyrrole nitrogens is 1. The lowest BCUT2D eigenvalue weighted by atomic mass is 9.88. The van der Waals surface area contributed by atoms with Gasteiger partial charge < -0.3 is 19.9 Å². The zero-order valence-corrected chi connectivity index (χ0v) is 20.5. The first-order chi connectivity index (χ1) is 17.2. The molecule has 1 amide bonds. The molecule has 0 saturated carbocycles. The van der Waals surface area contributed by atoms with Crippen LogP contribution in [0.15, 0.2) is 35.4 Å². The molecule has 2 aliphatic rings. The van der Waals surface area contributed by atoms with Gasteiger partial charge >= 0.3 is 10.2 Å². The molecule has 0 unspecified atom stereocenters. The molecule has 7 nitrogen and oxygen atoms in total. The molecule has 4 heterocycles. The number of nitrogens with one attached hydrogen (secondary N) is 2. The molecule has 14 heteroatoms. The number of rotatable bonds is 4. The third-order valence-corrected chi connectivity index (χ3v) is 7.89. The summed E-state index contributed by atoms with van der Waals surface area (Å²) in [5.41, 5.74) is 1.10. The van der Waals surface area contributed by atoms with Crippen molar-refractivity contribution >= 4 is 27.3 Å². The molecule has 1 aromatic carbocycles. The number of aromatic amines is 1. The second-order valence-electron chi connectivity index (χ2n) is 9.49. The van der Waals surface area contributed by atoms with Crippen LogP contribution in [0.5, 0.6) is 0 Å². The van der Waals surface area contributed by atoms with E-state index in [0.29, 0.717) is 48.5 Å². The number of nitrogens with zero attached hydrogens (tertiary/aromatic N) is 3. The Morgan fingerprint density at radius 3 is 2.38 bits per heavy atom. The highest BCUT2D eigenvalue weighted by atomic mass is 32.5. The molecule has 2 N–H and O–H groups in total. The summed E-state index contributed by atoms with van der Waals surface area (Å²) in [6.07, 6.45) is 1.54. The fourth-order valence-corrected chi connectivity index (χ4v) is 5.54. The fraction of sp³-hybridized carbons (Fsp3) is 0.435. The maximum atomic E-state index is 14.9. The Bertz CT molecular complexity index is 1340. The minimum absolute atomic E-state index is 0.0133. The SMILES string of the molecule is C[C@@H]1CNC[C@H](c2nc3ncc(F)c(C4CCN(C(=O)c5ccc(S(F)(F)(F)(F)F)cc5)CC4)c3[nH]2)O1. The number of imidazole rings is 1. The molecule has 2 aromatic heterocycles. The van der Waals surface area contributed by atoms with Gasteiger partial charge in [-0.3, -0.25) is 4.79 Å². The third kappa shape index (κ3) is 5.27. The minimum Gasteiger partial charge on any atom is -0.365 e. The van der Waals surface area contributed by atoms with Crippen LogP contribution in [0, 0.1) is 5.82 Å². The van der Waals surface area contributed by atoms with Crippen molar-refractivity contribution in [2.24, 2.45) is 0 Å². The number of hydrogen-bond acceptors (Lipinski definition) is 5. The number of carbonyl (C=O) groups excluding carboxylic acids is 1. The predicted octanol–water partition coefficient (Wildman–Crippen LogP) is 5.82. The van der Waals surface area contributed by atoms with E-state index in [0.717, 1.165) is 18.3 Å². The summed E-state index contributed by atoms with van der Waals surface area (Å²) in [7, 11) is -9.81. The second-order valence-corrected chi connectivity index (χ2v) is 11.9. The molecule has 2 saturated heterocycles. The van der Waals surface area contributed by atoms with E-state index in [9.17, 15) is 28.6 Å². The number of piperidine rings is 1. The van der Waals surface area contributed by atoms with Crippen molar-refractivity contribution in [1.82, 2.24) is 25.2 Å². The monoisotopic (exact) mass is 549 g/mol.